The summed E-state index contributed by atoms with van der Waals surface area (Å²) in [4.78, 5) is 0. The van der Waals surface area contributed by atoms with Crippen LogP contribution in [0.2, 0.25) is 5.02 Å². The van der Waals surface area contributed by atoms with Crippen LogP contribution in [-0.4, -0.2) is 46.7 Å². The summed E-state index contributed by atoms with van der Waals surface area (Å²) in [5, 5.41) is 29.7. The highest BCUT2D eigenvalue weighted by Crippen LogP contribution is 2.48. The van der Waals surface area contributed by atoms with E-state index in [2.05, 4.69) is 0 Å². The maximum absolute atomic E-state index is 14.9. The fourth-order valence-electron chi connectivity index (χ4n) is 3.92. The number of rotatable bonds is 6. The van der Waals surface area contributed by atoms with Crippen LogP contribution in [0.5, 0.6) is 5.75 Å². The predicted molar refractivity (Wildman–Crippen MR) is 107 cm³/mol. The van der Waals surface area contributed by atoms with E-state index in [1.54, 1.807) is 12.1 Å². The Morgan fingerprint density at radius 1 is 1.14 bits per heavy atom. The molecular formula is C22H25ClF2O4. The van der Waals surface area contributed by atoms with Gasteiger partial charge in [-0.1, -0.05) is 35.9 Å². The molecule has 0 aliphatic heterocycles. The number of hydrogen-bond acceptors (Lipinski definition) is 4. The molecule has 0 radical (unpaired) electrons. The van der Waals surface area contributed by atoms with Gasteiger partial charge in [0.1, 0.15) is 5.75 Å². The highest BCUT2D eigenvalue weighted by molar-refractivity contribution is 6.31. The molecule has 29 heavy (non-hydrogen) atoms. The number of hydrogen-bond donors (Lipinski definition) is 3. The number of aliphatic hydroxyl groups excluding tert-OH is 3. The van der Waals surface area contributed by atoms with E-state index < -0.39 is 36.6 Å². The van der Waals surface area contributed by atoms with Gasteiger partial charge in [-0.25, -0.2) is 8.78 Å². The Hall–Kier alpha value is -1.73. The van der Waals surface area contributed by atoms with Crippen molar-refractivity contribution in [1.82, 2.24) is 0 Å². The smallest absolute Gasteiger partial charge is 0.262 e. The zero-order valence-corrected chi connectivity index (χ0v) is 16.8. The van der Waals surface area contributed by atoms with E-state index in [1.165, 1.54) is 6.07 Å². The standard InChI is InChI=1S/C22H25ClF2O4/c1-2-29-16-6-3-13(4-7-16)9-15-10-14(5-8-19(15)23)17-11-20(27)21(28)18(12-26)22(17,24)25/h3-8,10,17-18,20-21,26-28H,2,9,11-12H2,1H3/t17-,18-,20-,21-/m1/s1. The molecule has 1 fully saturated rings. The van der Waals surface area contributed by atoms with E-state index in [9.17, 15) is 24.1 Å². The summed E-state index contributed by atoms with van der Waals surface area (Å²) in [5.74, 6) is -5.66. The van der Waals surface area contributed by atoms with Crippen LogP contribution >= 0.6 is 11.6 Å². The third-order valence-electron chi connectivity index (χ3n) is 5.54. The first kappa shape index (κ1) is 22.0. The van der Waals surface area contributed by atoms with Gasteiger partial charge in [0.25, 0.3) is 5.92 Å². The van der Waals surface area contributed by atoms with E-state index >= 15 is 0 Å². The Kier molecular flexibility index (Phi) is 6.79. The van der Waals surface area contributed by atoms with E-state index in [4.69, 9.17) is 16.3 Å². The van der Waals surface area contributed by atoms with Crippen LogP contribution in [0.25, 0.3) is 0 Å². The quantitative estimate of drug-likeness (QED) is 0.657. The summed E-state index contributed by atoms with van der Waals surface area (Å²) >= 11 is 6.30. The van der Waals surface area contributed by atoms with Crippen molar-refractivity contribution in [2.75, 3.05) is 13.2 Å². The molecule has 3 N–H and O–H groups in total. The molecule has 0 heterocycles. The Labute approximate surface area is 173 Å². The Bertz CT molecular complexity index is 828. The second-order valence-corrected chi connectivity index (χ2v) is 7.82. The first-order valence-corrected chi connectivity index (χ1v) is 10.0. The van der Waals surface area contributed by atoms with Crippen LogP contribution < -0.4 is 4.74 Å². The molecule has 0 aromatic heterocycles. The minimum atomic E-state index is -3.36. The van der Waals surface area contributed by atoms with Crippen LogP contribution in [0.1, 0.15) is 36.0 Å². The van der Waals surface area contributed by atoms with Crippen molar-refractivity contribution in [2.45, 2.75) is 43.8 Å². The fourth-order valence-corrected chi connectivity index (χ4v) is 4.10. The molecule has 0 amide bonds. The molecule has 2 aromatic rings. The molecular weight excluding hydrogens is 402 g/mol. The Balaban J connectivity index is 1.88. The fraction of sp³-hybridized carbons (Fsp3) is 0.455. The van der Waals surface area contributed by atoms with Crippen molar-refractivity contribution in [3.05, 3.63) is 64.2 Å². The van der Waals surface area contributed by atoms with Gasteiger partial charge in [0.2, 0.25) is 0 Å². The molecule has 1 aliphatic carbocycles. The molecule has 0 unspecified atom stereocenters. The average molecular weight is 427 g/mol. The van der Waals surface area contributed by atoms with Crippen LogP contribution in [0.4, 0.5) is 8.78 Å². The second kappa shape index (κ2) is 8.96. The SMILES string of the molecule is CCOc1ccc(Cc2cc([C@H]3C[C@@H](O)[C@H](O)[C@@H](CO)C3(F)F)ccc2Cl)cc1. The van der Waals surface area contributed by atoms with Crippen LogP contribution in [0.15, 0.2) is 42.5 Å². The van der Waals surface area contributed by atoms with Crippen molar-refractivity contribution in [3.63, 3.8) is 0 Å². The molecule has 158 valence electrons. The highest BCUT2D eigenvalue weighted by Gasteiger charge is 2.56. The lowest BCUT2D eigenvalue weighted by molar-refractivity contribution is -0.194. The van der Waals surface area contributed by atoms with E-state index in [-0.39, 0.29) is 6.42 Å². The van der Waals surface area contributed by atoms with Crippen molar-refractivity contribution >= 4 is 11.6 Å². The lowest BCUT2D eigenvalue weighted by atomic mass is 9.71. The van der Waals surface area contributed by atoms with Gasteiger partial charge in [-0.3, -0.25) is 0 Å². The largest absolute Gasteiger partial charge is 0.494 e. The number of alkyl halides is 2. The second-order valence-electron chi connectivity index (χ2n) is 7.41. The molecule has 1 saturated carbocycles. The highest BCUT2D eigenvalue weighted by atomic mass is 35.5. The maximum Gasteiger partial charge on any atom is 0.262 e. The Morgan fingerprint density at radius 3 is 2.45 bits per heavy atom. The minimum absolute atomic E-state index is 0.297. The zero-order valence-electron chi connectivity index (χ0n) is 16.1. The predicted octanol–water partition coefficient (Wildman–Crippen LogP) is 3.78. The molecule has 1 aliphatic rings. The molecule has 4 atom stereocenters. The molecule has 4 nitrogen and oxygen atoms in total. The Morgan fingerprint density at radius 2 is 1.83 bits per heavy atom. The zero-order chi connectivity index (χ0) is 21.2. The first-order valence-electron chi connectivity index (χ1n) is 9.62. The number of halogens is 3. The molecule has 7 heteroatoms. The molecule has 2 aromatic carbocycles. The lowest BCUT2D eigenvalue weighted by Gasteiger charge is -2.43. The third-order valence-corrected chi connectivity index (χ3v) is 5.91. The van der Waals surface area contributed by atoms with Gasteiger partial charge < -0.3 is 20.1 Å². The lowest BCUT2D eigenvalue weighted by Crippen LogP contribution is -2.54. The summed E-state index contributed by atoms with van der Waals surface area (Å²) in [5.41, 5.74) is 1.96. The average Bonchev–Trinajstić information content (AvgIpc) is 2.68. The maximum atomic E-state index is 14.9. The summed E-state index contributed by atoms with van der Waals surface area (Å²) in [6.45, 7) is 1.56. The van der Waals surface area contributed by atoms with E-state index in [0.717, 1.165) is 11.3 Å². The van der Waals surface area contributed by atoms with Gasteiger partial charge in [-0.2, -0.15) is 0 Å². The normalized spacial score (nSPS) is 26.3. The van der Waals surface area contributed by atoms with Crippen LogP contribution in [0, 0.1) is 5.92 Å². The third kappa shape index (κ3) is 4.56. The van der Waals surface area contributed by atoms with E-state index in [0.29, 0.717) is 29.2 Å². The van der Waals surface area contributed by atoms with Gasteiger partial charge >= 0.3 is 0 Å². The monoisotopic (exact) mass is 426 g/mol. The van der Waals surface area contributed by atoms with Crippen molar-refractivity contribution in [2.24, 2.45) is 5.92 Å². The van der Waals surface area contributed by atoms with Crippen molar-refractivity contribution in [1.29, 1.82) is 0 Å². The summed E-state index contributed by atoms with van der Waals surface area (Å²) in [7, 11) is 0. The van der Waals surface area contributed by atoms with Crippen LogP contribution in [-0.2, 0) is 6.42 Å². The molecule has 0 spiro atoms. The van der Waals surface area contributed by atoms with Gasteiger partial charge in [-0.15, -0.1) is 0 Å². The number of aliphatic hydroxyl groups is 3. The first-order chi connectivity index (χ1) is 13.8. The molecule has 3 rings (SSSR count). The van der Waals surface area contributed by atoms with Crippen LogP contribution in [0.3, 0.4) is 0 Å². The minimum Gasteiger partial charge on any atom is -0.494 e. The van der Waals surface area contributed by atoms with Crippen molar-refractivity contribution < 1.29 is 28.8 Å². The topological polar surface area (TPSA) is 69.9 Å². The number of benzene rings is 2. The molecule has 0 saturated heterocycles. The van der Waals surface area contributed by atoms with Gasteiger partial charge in [0, 0.05) is 5.02 Å². The summed E-state index contributed by atoms with van der Waals surface area (Å²) in [6, 6.07) is 12.2. The number of ether oxygens (including phenoxy) is 1. The van der Waals surface area contributed by atoms with Gasteiger partial charge in [-0.05, 0) is 54.7 Å². The summed E-state index contributed by atoms with van der Waals surface area (Å²) in [6.07, 6.45) is -2.84. The van der Waals surface area contributed by atoms with Gasteiger partial charge in [0.15, 0.2) is 0 Å². The molecule has 0 bridgehead atoms. The summed E-state index contributed by atoms with van der Waals surface area (Å²) < 4.78 is 35.3. The van der Waals surface area contributed by atoms with Crippen molar-refractivity contribution in [3.8, 4) is 5.75 Å². The van der Waals surface area contributed by atoms with E-state index in [1.807, 2.05) is 31.2 Å². The van der Waals surface area contributed by atoms with Gasteiger partial charge in [0.05, 0.1) is 37.3 Å².